The summed E-state index contributed by atoms with van der Waals surface area (Å²) in [5.41, 5.74) is 2.65. The van der Waals surface area contributed by atoms with Gasteiger partial charge in [0.15, 0.2) is 0 Å². The average molecular weight is 216 g/mol. The number of nitrogens with one attached hydrogen (secondary N) is 1. The van der Waals surface area contributed by atoms with Crippen LogP contribution in [-0.2, 0) is 4.74 Å². The summed E-state index contributed by atoms with van der Waals surface area (Å²) < 4.78 is 4.94. The molecule has 0 aliphatic heterocycles. The van der Waals surface area contributed by atoms with Crippen LogP contribution >= 0.6 is 0 Å². The number of aliphatic imine (C=N–C) groups is 1. The van der Waals surface area contributed by atoms with E-state index in [0.717, 1.165) is 31.9 Å². The molecule has 0 amide bonds. The van der Waals surface area contributed by atoms with Gasteiger partial charge in [-0.2, -0.15) is 0 Å². The number of ether oxygens (including phenoxy) is 1. The second-order valence-electron chi connectivity index (χ2n) is 3.33. The Labute approximate surface area is 92.7 Å². The second-order valence-corrected chi connectivity index (χ2v) is 3.33. The molecule has 0 saturated heterocycles. The molecule has 0 fully saturated rings. The molecule has 5 nitrogen and oxygen atoms in total. The summed E-state index contributed by atoms with van der Waals surface area (Å²) in [6.45, 7) is 7.50. The lowest BCUT2D eigenvalue weighted by atomic mass is 10.4. The fourth-order valence-electron chi connectivity index (χ4n) is 1.34. The van der Waals surface area contributed by atoms with E-state index in [0.29, 0.717) is 13.2 Å². The van der Waals surface area contributed by atoms with Crippen molar-refractivity contribution in [1.29, 1.82) is 0 Å². The van der Waals surface area contributed by atoms with Crippen LogP contribution in [-0.4, -0.2) is 44.2 Å². The summed E-state index contributed by atoms with van der Waals surface area (Å²) in [6, 6.07) is 0. The number of guanidine groups is 1. The molecule has 0 aliphatic rings. The number of hydrazine groups is 1. The van der Waals surface area contributed by atoms with Crippen molar-refractivity contribution in [2.45, 2.75) is 26.7 Å². The molecule has 0 saturated carbocycles. The standard InChI is InChI=1S/C10H24N4O/c1-4-7-14(8-5-2)10(13-11)12-6-9-15-3/h4-9,11H2,1-3H3,(H,12,13). The molecular formula is C10H24N4O. The highest BCUT2D eigenvalue weighted by atomic mass is 16.5. The number of rotatable bonds is 7. The zero-order chi connectivity index (χ0) is 11.5. The largest absolute Gasteiger partial charge is 0.383 e. The number of hydrogen-bond acceptors (Lipinski definition) is 3. The molecule has 0 aromatic heterocycles. The quantitative estimate of drug-likeness (QED) is 0.215. The van der Waals surface area contributed by atoms with Gasteiger partial charge in [-0.1, -0.05) is 13.8 Å². The van der Waals surface area contributed by atoms with E-state index in [4.69, 9.17) is 10.6 Å². The highest BCUT2D eigenvalue weighted by Gasteiger charge is 2.07. The Morgan fingerprint density at radius 1 is 1.33 bits per heavy atom. The molecule has 0 heterocycles. The highest BCUT2D eigenvalue weighted by molar-refractivity contribution is 5.79. The van der Waals surface area contributed by atoms with Crippen LogP contribution in [0.15, 0.2) is 4.99 Å². The second kappa shape index (κ2) is 9.73. The molecule has 0 aromatic carbocycles. The first-order valence-corrected chi connectivity index (χ1v) is 5.55. The molecule has 0 aromatic rings. The molecule has 0 bridgehead atoms. The Balaban J connectivity index is 4.22. The first-order valence-electron chi connectivity index (χ1n) is 5.55. The number of methoxy groups -OCH3 is 1. The average Bonchev–Trinajstić information content (AvgIpc) is 2.24. The van der Waals surface area contributed by atoms with Gasteiger partial charge >= 0.3 is 0 Å². The van der Waals surface area contributed by atoms with Gasteiger partial charge in [0.1, 0.15) is 0 Å². The summed E-state index contributed by atoms with van der Waals surface area (Å²) in [7, 11) is 1.67. The molecule has 3 N–H and O–H groups in total. The Morgan fingerprint density at radius 2 is 1.93 bits per heavy atom. The summed E-state index contributed by atoms with van der Waals surface area (Å²) in [6.07, 6.45) is 2.18. The molecule has 0 unspecified atom stereocenters. The molecule has 0 atom stereocenters. The zero-order valence-electron chi connectivity index (χ0n) is 10.1. The summed E-state index contributed by atoms with van der Waals surface area (Å²) in [5.74, 6) is 6.21. The summed E-state index contributed by atoms with van der Waals surface area (Å²) in [5, 5.41) is 0. The maximum absolute atomic E-state index is 5.45. The van der Waals surface area contributed by atoms with Crippen LogP contribution in [0.25, 0.3) is 0 Å². The lowest BCUT2D eigenvalue weighted by molar-refractivity contribution is 0.207. The van der Waals surface area contributed by atoms with Gasteiger partial charge in [-0.05, 0) is 12.8 Å². The van der Waals surface area contributed by atoms with Gasteiger partial charge in [0.25, 0.3) is 0 Å². The normalized spacial score (nSPS) is 11.6. The van der Waals surface area contributed by atoms with Gasteiger partial charge in [0, 0.05) is 20.2 Å². The van der Waals surface area contributed by atoms with Crippen LogP contribution in [0.5, 0.6) is 0 Å². The van der Waals surface area contributed by atoms with Crippen molar-refractivity contribution in [1.82, 2.24) is 10.3 Å². The molecule has 0 aliphatic carbocycles. The topological polar surface area (TPSA) is 62.9 Å². The fourth-order valence-corrected chi connectivity index (χ4v) is 1.34. The van der Waals surface area contributed by atoms with E-state index >= 15 is 0 Å². The third-order valence-electron chi connectivity index (χ3n) is 1.97. The molecule has 0 spiro atoms. The van der Waals surface area contributed by atoms with E-state index in [9.17, 15) is 0 Å². The fraction of sp³-hybridized carbons (Fsp3) is 0.900. The predicted molar refractivity (Wildman–Crippen MR) is 63.7 cm³/mol. The summed E-state index contributed by atoms with van der Waals surface area (Å²) >= 11 is 0. The van der Waals surface area contributed by atoms with Crippen LogP contribution in [0.3, 0.4) is 0 Å². The number of hydrogen-bond donors (Lipinski definition) is 2. The SMILES string of the molecule is CCCN(CCC)C(=NCCOC)NN. The van der Waals surface area contributed by atoms with E-state index < -0.39 is 0 Å². The lowest BCUT2D eigenvalue weighted by Crippen LogP contribution is -2.45. The molecule has 15 heavy (non-hydrogen) atoms. The number of nitrogens with zero attached hydrogens (tertiary/aromatic N) is 2. The van der Waals surface area contributed by atoms with Crippen molar-refractivity contribution in [3.63, 3.8) is 0 Å². The van der Waals surface area contributed by atoms with Crippen LogP contribution in [0.2, 0.25) is 0 Å². The van der Waals surface area contributed by atoms with Crippen molar-refractivity contribution in [2.75, 3.05) is 33.4 Å². The van der Waals surface area contributed by atoms with Gasteiger partial charge in [0.2, 0.25) is 5.96 Å². The Kier molecular flexibility index (Phi) is 9.21. The van der Waals surface area contributed by atoms with Crippen molar-refractivity contribution in [2.24, 2.45) is 10.8 Å². The maximum atomic E-state index is 5.45. The van der Waals surface area contributed by atoms with Gasteiger partial charge in [-0.3, -0.25) is 5.43 Å². The maximum Gasteiger partial charge on any atom is 0.208 e. The van der Waals surface area contributed by atoms with E-state index in [1.807, 2.05) is 0 Å². The van der Waals surface area contributed by atoms with Crippen molar-refractivity contribution in [3.05, 3.63) is 0 Å². The van der Waals surface area contributed by atoms with Gasteiger partial charge in [-0.15, -0.1) is 0 Å². The third kappa shape index (κ3) is 6.30. The van der Waals surface area contributed by atoms with Gasteiger partial charge < -0.3 is 9.64 Å². The molecule has 0 radical (unpaired) electrons. The minimum atomic E-state index is 0.622. The van der Waals surface area contributed by atoms with E-state index in [1.165, 1.54) is 0 Å². The van der Waals surface area contributed by atoms with Crippen LogP contribution in [0.4, 0.5) is 0 Å². The third-order valence-corrected chi connectivity index (χ3v) is 1.97. The Hall–Kier alpha value is -0.810. The molecular weight excluding hydrogens is 192 g/mol. The Morgan fingerprint density at radius 3 is 2.33 bits per heavy atom. The van der Waals surface area contributed by atoms with Crippen molar-refractivity contribution >= 4 is 5.96 Å². The predicted octanol–water partition coefficient (Wildman–Crippen LogP) is 0.574. The van der Waals surface area contributed by atoms with Crippen molar-refractivity contribution in [3.8, 4) is 0 Å². The van der Waals surface area contributed by atoms with Gasteiger partial charge in [0.05, 0.1) is 13.2 Å². The lowest BCUT2D eigenvalue weighted by Gasteiger charge is -2.24. The van der Waals surface area contributed by atoms with Crippen LogP contribution in [0.1, 0.15) is 26.7 Å². The molecule has 90 valence electrons. The summed E-state index contributed by atoms with van der Waals surface area (Å²) in [4.78, 5) is 6.51. The highest BCUT2D eigenvalue weighted by Crippen LogP contribution is 1.95. The molecule has 5 heteroatoms. The van der Waals surface area contributed by atoms with Crippen molar-refractivity contribution < 1.29 is 4.74 Å². The minimum absolute atomic E-state index is 0.622. The Bertz CT molecular complexity index is 167. The van der Waals surface area contributed by atoms with Gasteiger partial charge in [-0.25, -0.2) is 10.8 Å². The van der Waals surface area contributed by atoms with Crippen LogP contribution < -0.4 is 11.3 Å². The molecule has 0 rings (SSSR count). The first-order chi connectivity index (χ1) is 7.29. The van der Waals surface area contributed by atoms with E-state index in [-0.39, 0.29) is 0 Å². The minimum Gasteiger partial charge on any atom is -0.383 e. The monoisotopic (exact) mass is 216 g/mol. The zero-order valence-corrected chi connectivity index (χ0v) is 10.1. The van der Waals surface area contributed by atoms with E-state index in [1.54, 1.807) is 7.11 Å². The van der Waals surface area contributed by atoms with E-state index in [2.05, 4.69) is 29.2 Å². The van der Waals surface area contributed by atoms with Crippen LogP contribution in [0, 0.1) is 0 Å². The smallest absolute Gasteiger partial charge is 0.208 e. The number of nitrogens with two attached hydrogens (primary N) is 1. The first kappa shape index (κ1) is 14.2.